The van der Waals surface area contributed by atoms with Gasteiger partial charge >= 0.3 is 5.97 Å². The monoisotopic (exact) mass is 494 g/mol. The van der Waals surface area contributed by atoms with Crippen LogP contribution < -0.4 is 5.32 Å². The van der Waals surface area contributed by atoms with Gasteiger partial charge in [-0.2, -0.15) is 0 Å². The van der Waals surface area contributed by atoms with Crippen molar-refractivity contribution in [3.63, 3.8) is 0 Å². The van der Waals surface area contributed by atoms with Crippen LogP contribution in [0, 0.1) is 19.8 Å². The topological polar surface area (TPSA) is 71.3 Å². The van der Waals surface area contributed by atoms with E-state index in [4.69, 9.17) is 0 Å². The fourth-order valence-corrected chi connectivity index (χ4v) is 5.62. The molecule has 5 heteroatoms. The van der Waals surface area contributed by atoms with Crippen molar-refractivity contribution in [3.8, 4) is 11.1 Å². The lowest BCUT2D eigenvalue weighted by Crippen LogP contribution is -2.30. The first-order valence-corrected chi connectivity index (χ1v) is 13.2. The van der Waals surface area contributed by atoms with Gasteiger partial charge in [0.05, 0.1) is 5.56 Å². The Bertz CT molecular complexity index is 1440. The molecule has 1 aliphatic rings. The molecule has 0 saturated heterocycles. The third-order valence-corrected chi connectivity index (χ3v) is 7.94. The minimum Gasteiger partial charge on any atom is -0.478 e. The van der Waals surface area contributed by atoms with Gasteiger partial charge in [0, 0.05) is 35.2 Å². The lowest BCUT2D eigenvalue weighted by molar-refractivity contribution is 0.0697. The first-order valence-electron chi connectivity index (χ1n) is 13.2. The summed E-state index contributed by atoms with van der Waals surface area (Å²) >= 11 is 0. The molecular formula is C32H34N2O3. The summed E-state index contributed by atoms with van der Waals surface area (Å²) in [7, 11) is 0. The van der Waals surface area contributed by atoms with E-state index in [0.717, 1.165) is 28.6 Å². The number of benzene rings is 3. The van der Waals surface area contributed by atoms with E-state index < -0.39 is 5.97 Å². The molecule has 2 N–H and O–H groups in total. The molecule has 0 atom stereocenters. The number of carbonyl (C=O) groups excluding carboxylic acids is 1. The van der Waals surface area contributed by atoms with E-state index in [-0.39, 0.29) is 5.91 Å². The third kappa shape index (κ3) is 5.17. The zero-order valence-electron chi connectivity index (χ0n) is 21.6. The van der Waals surface area contributed by atoms with Crippen molar-refractivity contribution in [1.82, 2.24) is 9.88 Å². The number of aryl methyl sites for hydroxylation is 1. The average molecular weight is 495 g/mol. The Morgan fingerprint density at radius 1 is 0.946 bits per heavy atom. The Morgan fingerprint density at radius 2 is 1.68 bits per heavy atom. The quantitative estimate of drug-likeness (QED) is 0.291. The predicted octanol–water partition coefficient (Wildman–Crippen LogP) is 6.98. The fourth-order valence-electron chi connectivity index (χ4n) is 5.62. The normalized spacial score (nSPS) is 14.1. The second-order valence-corrected chi connectivity index (χ2v) is 10.3. The van der Waals surface area contributed by atoms with Gasteiger partial charge < -0.3 is 15.0 Å². The van der Waals surface area contributed by atoms with E-state index in [0.29, 0.717) is 29.2 Å². The smallest absolute Gasteiger partial charge is 0.336 e. The SMILES string of the molecule is Cc1c(C)n(Cc2ccc(-c3ccccc3C(=O)O)cc2)c2ccc(C(=O)NCC3CCCCC3)cc12. The minimum absolute atomic E-state index is 0.00880. The van der Waals surface area contributed by atoms with Crippen LogP contribution in [0.2, 0.25) is 0 Å². The number of aromatic nitrogens is 1. The summed E-state index contributed by atoms with van der Waals surface area (Å²) in [4.78, 5) is 24.5. The molecule has 4 aromatic rings. The Hall–Kier alpha value is -3.86. The lowest BCUT2D eigenvalue weighted by atomic mass is 9.89. The van der Waals surface area contributed by atoms with Gasteiger partial charge in [-0.15, -0.1) is 0 Å². The summed E-state index contributed by atoms with van der Waals surface area (Å²) in [5.74, 6) is -0.309. The van der Waals surface area contributed by atoms with Gasteiger partial charge in [-0.1, -0.05) is 61.7 Å². The molecule has 0 unspecified atom stereocenters. The van der Waals surface area contributed by atoms with E-state index in [1.807, 2.05) is 36.4 Å². The van der Waals surface area contributed by atoms with Crippen molar-refractivity contribution in [2.24, 2.45) is 5.92 Å². The van der Waals surface area contributed by atoms with Crippen LogP contribution in [-0.2, 0) is 6.54 Å². The van der Waals surface area contributed by atoms with Crippen LogP contribution in [-0.4, -0.2) is 28.1 Å². The molecule has 1 aromatic heterocycles. The van der Waals surface area contributed by atoms with E-state index >= 15 is 0 Å². The third-order valence-electron chi connectivity index (χ3n) is 7.94. The molecule has 1 saturated carbocycles. The van der Waals surface area contributed by atoms with Crippen LogP contribution in [0.1, 0.15) is 69.6 Å². The van der Waals surface area contributed by atoms with Crippen molar-refractivity contribution in [1.29, 1.82) is 0 Å². The Morgan fingerprint density at radius 3 is 2.41 bits per heavy atom. The highest BCUT2D eigenvalue weighted by Crippen LogP contribution is 2.29. The molecule has 5 rings (SSSR count). The van der Waals surface area contributed by atoms with Gasteiger partial charge in [-0.3, -0.25) is 4.79 Å². The van der Waals surface area contributed by atoms with Gasteiger partial charge in [-0.05, 0) is 79.1 Å². The number of nitrogens with zero attached hydrogens (tertiary/aromatic N) is 1. The van der Waals surface area contributed by atoms with Crippen LogP contribution in [0.15, 0.2) is 66.7 Å². The number of nitrogens with one attached hydrogen (secondary N) is 1. The molecule has 0 radical (unpaired) electrons. The Balaban J connectivity index is 1.35. The molecule has 0 bridgehead atoms. The molecule has 1 fully saturated rings. The molecule has 1 heterocycles. The second-order valence-electron chi connectivity index (χ2n) is 10.3. The van der Waals surface area contributed by atoms with Crippen LogP contribution >= 0.6 is 0 Å². The van der Waals surface area contributed by atoms with E-state index in [1.54, 1.807) is 12.1 Å². The summed E-state index contributed by atoms with van der Waals surface area (Å²) in [6.45, 7) is 5.70. The zero-order valence-corrected chi connectivity index (χ0v) is 21.6. The summed E-state index contributed by atoms with van der Waals surface area (Å²) in [5.41, 5.74) is 7.22. The van der Waals surface area contributed by atoms with Crippen molar-refractivity contribution in [2.75, 3.05) is 6.54 Å². The van der Waals surface area contributed by atoms with E-state index in [2.05, 4.69) is 41.9 Å². The molecule has 1 aliphatic carbocycles. The Kier molecular flexibility index (Phi) is 7.13. The van der Waals surface area contributed by atoms with Crippen LogP contribution in [0.5, 0.6) is 0 Å². The Labute approximate surface area is 218 Å². The summed E-state index contributed by atoms with van der Waals surface area (Å²) in [6, 6.07) is 21.2. The highest BCUT2D eigenvalue weighted by molar-refractivity contribution is 5.99. The number of amides is 1. The van der Waals surface area contributed by atoms with Gasteiger partial charge in [0.25, 0.3) is 5.91 Å². The molecule has 5 nitrogen and oxygen atoms in total. The van der Waals surface area contributed by atoms with Crippen molar-refractivity contribution < 1.29 is 14.7 Å². The summed E-state index contributed by atoms with van der Waals surface area (Å²) in [5, 5.41) is 13.8. The summed E-state index contributed by atoms with van der Waals surface area (Å²) in [6.07, 6.45) is 6.30. The van der Waals surface area contributed by atoms with Gasteiger partial charge in [-0.25, -0.2) is 4.79 Å². The maximum absolute atomic E-state index is 12.9. The van der Waals surface area contributed by atoms with E-state index in [9.17, 15) is 14.7 Å². The molecular weight excluding hydrogens is 460 g/mol. The maximum atomic E-state index is 12.9. The lowest BCUT2D eigenvalue weighted by Gasteiger charge is -2.21. The first-order chi connectivity index (χ1) is 17.9. The molecule has 1 amide bonds. The zero-order chi connectivity index (χ0) is 25.9. The van der Waals surface area contributed by atoms with Crippen molar-refractivity contribution in [3.05, 3.63) is 94.7 Å². The molecule has 0 aliphatic heterocycles. The number of hydrogen-bond donors (Lipinski definition) is 2. The number of hydrogen-bond acceptors (Lipinski definition) is 2. The second kappa shape index (κ2) is 10.6. The average Bonchev–Trinajstić information content (AvgIpc) is 3.17. The predicted molar refractivity (Wildman–Crippen MR) is 148 cm³/mol. The number of carbonyl (C=O) groups is 2. The number of aromatic carboxylic acids is 1. The van der Waals surface area contributed by atoms with E-state index in [1.165, 1.54) is 43.4 Å². The highest BCUT2D eigenvalue weighted by Gasteiger charge is 2.17. The minimum atomic E-state index is -0.924. The van der Waals surface area contributed by atoms with Crippen molar-refractivity contribution >= 4 is 22.8 Å². The fraction of sp³-hybridized carbons (Fsp3) is 0.312. The first kappa shape index (κ1) is 24.8. The summed E-state index contributed by atoms with van der Waals surface area (Å²) < 4.78 is 2.29. The molecule has 190 valence electrons. The van der Waals surface area contributed by atoms with Crippen LogP contribution in [0.3, 0.4) is 0 Å². The van der Waals surface area contributed by atoms with Crippen LogP contribution in [0.25, 0.3) is 22.0 Å². The van der Waals surface area contributed by atoms with Crippen LogP contribution in [0.4, 0.5) is 0 Å². The van der Waals surface area contributed by atoms with Gasteiger partial charge in [0.1, 0.15) is 0 Å². The van der Waals surface area contributed by atoms with Crippen molar-refractivity contribution in [2.45, 2.75) is 52.5 Å². The van der Waals surface area contributed by atoms with Gasteiger partial charge in [0.2, 0.25) is 0 Å². The molecule has 37 heavy (non-hydrogen) atoms. The molecule has 0 spiro atoms. The number of rotatable bonds is 7. The number of carboxylic acids is 1. The highest BCUT2D eigenvalue weighted by atomic mass is 16.4. The maximum Gasteiger partial charge on any atom is 0.336 e. The standard InChI is InChI=1S/C32H34N2O3/c1-21-22(2)34(20-24-12-14-25(15-13-24)27-10-6-7-11-28(27)32(36)37)30-17-16-26(18-29(21)30)31(35)33-19-23-8-4-3-5-9-23/h6-7,10-18,23H,3-5,8-9,19-20H2,1-2H3,(H,33,35)(H,36,37). The number of fused-ring (bicyclic) bond motifs is 1. The van der Waals surface area contributed by atoms with Gasteiger partial charge in [0.15, 0.2) is 0 Å². The largest absolute Gasteiger partial charge is 0.478 e. The number of carboxylic acid groups (broad SMARTS) is 1. The molecule has 3 aromatic carbocycles.